The minimum atomic E-state index is -3.58. The van der Waals surface area contributed by atoms with Gasteiger partial charge in [-0.25, -0.2) is 16.8 Å². The second-order valence-corrected chi connectivity index (χ2v) is 12.4. The molecule has 0 aromatic heterocycles. The maximum absolute atomic E-state index is 12.8. The van der Waals surface area contributed by atoms with E-state index in [1.165, 1.54) is 20.7 Å². The van der Waals surface area contributed by atoms with Crippen molar-refractivity contribution in [2.75, 3.05) is 42.3 Å². The summed E-state index contributed by atoms with van der Waals surface area (Å²) in [4.78, 5) is 12.6. The largest absolute Gasteiger partial charge is 0.454 e. The van der Waals surface area contributed by atoms with Gasteiger partial charge in [-0.15, -0.1) is 0 Å². The zero-order valence-electron chi connectivity index (χ0n) is 19.5. The van der Waals surface area contributed by atoms with Gasteiger partial charge >= 0.3 is 0 Å². The quantitative estimate of drug-likeness (QED) is 0.536. The lowest BCUT2D eigenvalue weighted by Gasteiger charge is -2.25. The minimum absolute atomic E-state index is 0.0863. The molecule has 4 rings (SSSR count). The van der Waals surface area contributed by atoms with E-state index in [9.17, 15) is 21.6 Å². The second-order valence-electron chi connectivity index (χ2n) is 8.51. The fraction of sp³-hybridized carbons (Fsp3) is 0.435. The standard InChI is InChI=1S/C23H29N3O7S2/c1-34(28,29)26(19-9-12-21-22(16-19)33-17-32-21)15-5-6-23(27)24-18-7-10-20(11-8-18)35(30,31)25-13-3-2-4-14-25/h7-12,16H,2-6,13-15,17H2,1H3,(H,24,27). The van der Waals surface area contributed by atoms with Gasteiger partial charge in [-0.1, -0.05) is 6.42 Å². The Morgan fingerprint density at radius 2 is 1.66 bits per heavy atom. The number of piperidine rings is 1. The van der Waals surface area contributed by atoms with E-state index in [1.807, 2.05) is 0 Å². The van der Waals surface area contributed by atoms with Crippen molar-refractivity contribution in [2.45, 2.75) is 37.0 Å². The third kappa shape index (κ3) is 6.06. The van der Waals surface area contributed by atoms with E-state index >= 15 is 0 Å². The average molecular weight is 524 g/mol. The van der Waals surface area contributed by atoms with Gasteiger partial charge in [0.15, 0.2) is 11.5 Å². The van der Waals surface area contributed by atoms with Crippen molar-refractivity contribution in [2.24, 2.45) is 0 Å². The van der Waals surface area contributed by atoms with E-state index in [4.69, 9.17) is 9.47 Å². The molecule has 1 fully saturated rings. The Bertz CT molecular complexity index is 1270. The lowest BCUT2D eigenvalue weighted by atomic mass is 10.2. The molecular weight excluding hydrogens is 494 g/mol. The molecule has 1 saturated heterocycles. The molecule has 2 aliphatic heterocycles. The molecule has 2 aliphatic rings. The summed E-state index contributed by atoms with van der Waals surface area (Å²) in [5, 5.41) is 2.73. The van der Waals surface area contributed by atoms with Crippen LogP contribution in [0.2, 0.25) is 0 Å². The van der Waals surface area contributed by atoms with Crippen LogP contribution in [0.1, 0.15) is 32.1 Å². The summed E-state index contributed by atoms with van der Waals surface area (Å²) in [6.07, 6.45) is 4.24. The third-order valence-electron chi connectivity index (χ3n) is 5.90. The molecule has 0 unspecified atom stereocenters. The summed E-state index contributed by atoms with van der Waals surface area (Å²) >= 11 is 0. The highest BCUT2D eigenvalue weighted by molar-refractivity contribution is 7.92. The number of ether oxygens (including phenoxy) is 2. The van der Waals surface area contributed by atoms with Crippen LogP contribution in [-0.4, -0.2) is 59.7 Å². The topological polar surface area (TPSA) is 122 Å². The molecule has 0 atom stereocenters. The van der Waals surface area contributed by atoms with Crippen molar-refractivity contribution < 1.29 is 31.1 Å². The van der Waals surface area contributed by atoms with E-state index in [-0.39, 0.29) is 37.0 Å². The lowest BCUT2D eigenvalue weighted by Crippen LogP contribution is -2.35. The van der Waals surface area contributed by atoms with Crippen molar-refractivity contribution >= 4 is 37.3 Å². The first-order chi connectivity index (χ1) is 16.6. The van der Waals surface area contributed by atoms with E-state index in [0.717, 1.165) is 25.5 Å². The third-order valence-corrected chi connectivity index (χ3v) is 9.01. The monoisotopic (exact) mass is 523 g/mol. The molecule has 0 bridgehead atoms. The first kappa shape index (κ1) is 25.3. The number of amides is 1. The van der Waals surface area contributed by atoms with Crippen molar-refractivity contribution in [3.63, 3.8) is 0 Å². The number of hydrogen-bond acceptors (Lipinski definition) is 7. The Kier molecular flexibility index (Phi) is 7.53. The lowest BCUT2D eigenvalue weighted by molar-refractivity contribution is -0.116. The van der Waals surface area contributed by atoms with Gasteiger partial charge in [-0.05, 0) is 55.7 Å². The number of nitrogens with zero attached hydrogens (tertiary/aromatic N) is 2. The van der Waals surface area contributed by atoms with Crippen LogP contribution < -0.4 is 19.1 Å². The molecule has 0 radical (unpaired) electrons. The molecule has 35 heavy (non-hydrogen) atoms. The number of sulfonamides is 2. The van der Waals surface area contributed by atoms with Gasteiger partial charge in [0, 0.05) is 37.8 Å². The van der Waals surface area contributed by atoms with Crippen LogP contribution in [0.3, 0.4) is 0 Å². The van der Waals surface area contributed by atoms with Gasteiger partial charge in [-0.2, -0.15) is 4.31 Å². The highest BCUT2D eigenvalue weighted by atomic mass is 32.2. The number of anilines is 2. The van der Waals surface area contributed by atoms with Crippen LogP contribution in [0.4, 0.5) is 11.4 Å². The Hall–Kier alpha value is -2.83. The molecular formula is C23H29N3O7S2. The summed E-state index contributed by atoms with van der Waals surface area (Å²) in [7, 11) is -7.11. The van der Waals surface area contributed by atoms with Crippen LogP contribution in [0.5, 0.6) is 11.5 Å². The van der Waals surface area contributed by atoms with Crippen molar-refractivity contribution in [1.82, 2.24) is 4.31 Å². The Morgan fingerprint density at radius 3 is 2.34 bits per heavy atom. The first-order valence-electron chi connectivity index (χ1n) is 11.4. The predicted octanol–water partition coefficient (Wildman–Crippen LogP) is 2.77. The number of hydrogen-bond donors (Lipinski definition) is 1. The van der Waals surface area contributed by atoms with Crippen molar-refractivity contribution in [1.29, 1.82) is 0 Å². The predicted molar refractivity (Wildman–Crippen MR) is 132 cm³/mol. The summed E-state index contributed by atoms with van der Waals surface area (Å²) in [5.41, 5.74) is 0.908. The van der Waals surface area contributed by atoms with E-state index in [2.05, 4.69) is 5.32 Å². The van der Waals surface area contributed by atoms with Gasteiger partial charge in [0.2, 0.25) is 32.7 Å². The number of carbonyl (C=O) groups excluding carboxylic acids is 1. The number of carbonyl (C=O) groups is 1. The summed E-state index contributed by atoms with van der Waals surface area (Å²) < 4.78 is 63.5. The van der Waals surface area contributed by atoms with Gasteiger partial charge in [-0.3, -0.25) is 9.10 Å². The van der Waals surface area contributed by atoms with Gasteiger partial charge in [0.25, 0.3) is 0 Å². The van der Waals surface area contributed by atoms with Crippen LogP contribution in [0, 0.1) is 0 Å². The van der Waals surface area contributed by atoms with Crippen molar-refractivity contribution in [3.8, 4) is 11.5 Å². The highest BCUT2D eigenvalue weighted by Gasteiger charge is 2.26. The highest BCUT2D eigenvalue weighted by Crippen LogP contribution is 2.36. The fourth-order valence-electron chi connectivity index (χ4n) is 4.10. The second kappa shape index (κ2) is 10.4. The maximum Gasteiger partial charge on any atom is 0.243 e. The van der Waals surface area contributed by atoms with E-state index in [1.54, 1.807) is 30.3 Å². The Labute approximate surface area is 205 Å². The van der Waals surface area contributed by atoms with Gasteiger partial charge < -0.3 is 14.8 Å². The number of benzene rings is 2. The average Bonchev–Trinajstić information content (AvgIpc) is 3.30. The number of nitrogens with one attached hydrogen (secondary N) is 1. The molecule has 1 amide bonds. The van der Waals surface area contributed by atoms with E-state index in [0.29, 0.717) is 36.0 Å². The summed E-state index contributed by atoms with van der Waals surface area (Å²) in [6.45, 7) is 1.25. The minimum Gasteiger partial charge on any atom is -0.454 e. The van der Waals surface area contributed by atoms with E-state index < -0.39 is 20.0 Å². The Morgan fingerprint density at radius 1 is 0.971 bits per heavy atom. The van der Waals surface area contributed by atoms with Crippen LogP contribution in [0.15, 0.2) is 47.4 Å². The molecule has 10 nitrogen and oxygen atoms in total. The first-order valence-corrected chi connectivity index (χ1v) is 14.7. The molecule has 2 aromatic rings. The summed E-state index contributed by atoms with van der Waals surface area (Å²) in [5.74, 6) is 0.728. The molecule has 0 spiro atoms. The molecule has 12 heteroatoms. The normalized spacial score (nSPS) is 16.1. The summed E-state index contributed by atoms with van der Waals surface area (Å²) in [6, 6.07) is 11.0. The number of rotatable bonds is 9. The smallest absolute Gasteiger partial charge is 0.243 e. The molecule has 2 aromatic carbocycles. The van der Waals surface area contributed by atoms with Gasteiger partial charge in [0.1, 0.15) is 0 Å². The number of fused-ring (bicyclic) bond motifs is 1. The van der Waals surface area contributed by atoms with Crippen LogP contribution >= 0.6 is 0 Å². The molecule has 0 saturated carbocycles. The Balaban J connectivity index is 1.32. The molecule has 190 valence electrons. The molecule has 1 N–H and O–H groups in total. The zero-order chi connectivity index (χ0) is 25.1. The van der Waals surface area contributed by atoms with Gasteiger partial charge in [0.05, 0.1) is 16.8 Å². The SMILES string of the molecule is CS(=O)(=O)N(CCCC(=O)Nc1ccc(S(=O)(=O)N2CCCCC2)cc1)c1ccc2c(c1)OCO2. The fourth-order valence-corrected chi connectivity index (χ4v) is 6.57. The van der Waals surface area contributed by atoms with Crippen LogP contribution in [-0.2, 0) is 24.8 Å². The molecule has 2 heterocycles. The van der Waals surface area contributed by atoms with Crippen LogP contribution in [0.25, 0.3) is 0 Å². The molecule has 0 aliphatic carbocycles. The van der Waals surface area contributed by atoms with Crippen molar-refractivity contribution in [3.05, 3.63) is 42.5 Å². The zero-order valence-corrected chi connectivity index (χ0v) is 21.1. The maximum atomic E-state index is 12.8.